The zero-order valence-electron chi connectivity index (χ0n) is 18.2. The third-order valence-electron chi connectivity index (χ3n) is 5.23. The Morgan fingerprint density at radius 2 is 1.81 bits per heavy atom. The molecule has 0 atom stereocenters. The predicted molar refractivity (Wildman–Crippen MR) is 121 cm³/mol. The van der Waals surface area contributed by atoms with Gasteiger partial charge in [-0.3, -0.25) is 9.59 Å². The average Bonchev–Trinajstić information content (AvgIpc) is 2.78. The first-order valence-electron chi connectivity index (χ1n) is 10.5. The molecule has 0 saturated heterocycles. The van der Waals surface area contributed by atoms with Gasteiger partial charge in [0.1, 0.15) is 6.61 Å². The summed E-state index contributed by atoms with van der Waals surface area (Å²) in [6.07, 6.45) is 8.18. The average molecular weight is 426 g/mol. The molecule has 6 nitrogen and oxygen atoms in total. The van der Waals surface area contributed by atoms with Gasteiger partial charge in [-0.2, -0.15) is 0 Å². The number of hydrogen-bond acceptors (Lipinski definition) is 4. The van der Waals surface area contributed by atoms with E-state index in [1.54, 1.807) is 19.3 Å². The Kier molecular flexibility index (Phi) is 9.62. The number of hydrogen-bond donors (Lipinski definition) is 2. The fourth-order valence-corrected chi connectivity index (χ4v) is 3.36. The summed E-state index contributed by atoms with van der Waals surface area (Å²) < 4.78 is 11.2. The number of aryl methyl sites for hydroxylation is 1. The minimum absolute atomic E-state index is 0.0289. The van der Waals surface area contributed by atoms with E-state index < -0.39 is 11.9 Å². The second-order valence-electron chi connectivity index (χ2n) is 7.53. The lowest BCUT2D eigenvalue weighted by Gasteiger charge is -2.16. The van der Waals surface area contributed by atoms with Gasteiger partial charge >= 0.3 is 5.97 Å². The monoisotopic (exact) mass is 425 g/mol. The summed E-state index contributed by atoms with van der Waals surface area (Å²) in [5.41, 5.74) is 8.21. The first-order valence-corrected chi connectivity index (χ1v) is 10.5. The predicted octanol–water partition coefficient (Wildman–Crippen LogP) is 4.73. The number of aliphatic carboxylic acids is 1. The van der Waals surface area contributed by atoms with Crippen molar-refractivity contribution in [2.24, 2.45) is 11.7 Å². The Morgan fingerprint density at radius 3 is 2.39 bits per heavy atom. The summed E-state index contributed by atoms with van der Waals surface area (Å²) in [5.74, 6) is 0.148. The molecule has 1 amide bonds. The molecule has 0 aliphatic heterocycles. The Labute approximate surface area is 183 Å². The molecule has 6 heteroatoms. The number of carbonyl (C=O) groups is 2. The molecule has 0 aromatic heterocycles. The highest BCUT2D eigenvalue weighted by molar-refractivity contribution is 5.90. The molecule has 31 heavy (non-hydrogen) atoms. The quantitative estimate of drug-likeness (QED) is 0.625. The van der Waals surface area contributed by atoms with Crippen LogP contribution in [-0.4, -0.2) is 24.1 Å². The minimum atomic E-state index is -0.602. The number of amides is 1. The lowest BCUT2D eigenvalue weighted by molar-refractivity contribution is -0.142. The number of benzene rings is 2. The molecule has 3 rings (SSSR count). The van der Waals surface area contributed by atoms with Crippen LogP contribution in [0.15, 0.2) is 48.5 Å². The van der Waals surface area contributed by atoms with E-state index in [1.807, 2.05) is 43.3 Å². The minimum Gasteiger partial charge on any atom is -0.493 e. The van der Waals surface area contributed by atoms with Crippen LogP contribution in [0, 0.1) is 12.8 Å². The first kappa shape index (κ1) is 24.0. The van der Waals surface area contributed by atoms with Gasteiger partial charge in [0.15, 0.2) is 11.5 Å². The summed E-state index contributed by atoms with van der Waals surface area (Å²) in [7, 11) is 1.58. The van der Waals surface area contributed by atoms with Crippen LogP contribution in [0.4, 0.5) is 0 Å². The normalized spacial score (nSPS) is 13.9. The topological polar surface area (TPSA) is 98.9 Å². The van der Waals surface area contributed by atoms with Crippen molar-refractivity contribution in [2.75, 3.05) is 7.11 Å². The van der Waals surface area contributed by atoms with Gasteiger partial charge < -0.3 is 20.3 Å². The summed E-state index contributed by atoms with van der Waals surface area (Å²) in [6, 6.07) is 13.5. The van der Waals surface area contributed by atoms with E-state index in [-0.39, 0.29) is 5.92 Å². The Balaban J connectivity index is 0.000000316. The number of carboxylic acid groups (broad SMARTS) is 1. The third kappa shape index (κ3) is 8.16. The van der Waals surface area contributed by atoms with Gasteiger partial charge in [0.2, 0.25) is 5.91 Å². The molecular weight excluding hydrogens is 394 g/mol. The largest absolute Gasteiger partial charge is 0.493 e. The number of primary amides is 1. The molecule has 1 aliphatic carbocycles. The highest BCUT2D eigenvalue weighted by Gasteiger charge is 2.19. The lowest BCUT2D eigenvalue weighted by atomic mass is 9.90. The van der Waals surface area contributed by atoms with E-state index in [9.17, 15) is 9.59 Å². The van der Waals surface area contributed by atoms with Crippen LogP contribution < -0.4 is 15.2 Å². The van der Waals surface area contributed by atoms with Gasteiger partial charge in [0.05, 0.1) is 13.0 Å². The second kappa shape index (κ2) is 12.4. The van der Waals surface area contributed by atoms with Gasteiger partial charge in [0.25, 0.3) is 0 Å². The maximum absolute atomic E-state index is 10.8. The zero-order chi connectivity index (χ0) is 22.6. The van der Waals surface area contributed by atoms with Crippen molar-refractivity contribution in [3.05, 3.63) is 65.2 Å². The third-order valence-corrected chi connectivity index (χ3v) is 5.23. The molecule has 1 saturated carbocycles. The SMILES string of the molecule is COc1cc(/C=C/C(N)=O)ccc1OCc1ccccc1C.O=C(O)C1CCCCC1. The van der Waals surface area contributed by atoms with Crippen LogP contribution in [0.3, 0.4) is 0 Å². The van der Waals surface area contributed by atoms with Crippen LogP contribution >= 0.6 is 0 Å². The molecule has 0 bridgehead atoms. The molecular formula is C25H31NO5. The second-order valence-corrected chi connectivity index (χ2v) is 7.53. The van der Waals surface area contributed by atoms with E-state index in [4.69, 9.17) is 20.3 Å². The van der Waals surface area contributed by atoms with Gasteiger partial charge in [0, 0.05) is 6.08 Å². The number of ether oxygens (including phenoxy) is 2. The number of methoxy groups -OCH3 is 1. The van der Waals surface area contributed by atoms with Gasteiger partial charge in [-0.1, -0.05) is 49.6 Å². The molecule has 166 valence electrons. The van der Waals surface area contributed by atoms with E-state index in [2.05, 4.69) is 0 Å². The standard InChI is InChI=1S/C18H19NO3.C7H12O2/c1-13-5-3-4-6-15(13)12-22-16-9-7-14(8-10-18(19)20)11-17(16)21-2;8-7(9)6-4-2-1-3-5-6/h3-11H,12H2,1-2H3,(H2,19,20);6H,1-5H2,(H,8,9)/b10-8+;. The van der Waals surface area contributed by atoms with Crippen molar-refractivity contribution in [3.8, 4) is 11.5 Å². The molecule has 1 aliphatic rings. The molecule has 0 spiro atoms. The molecule has 3 N–H and O–H groups in total. The Morgan fingerprint density at radius 1 is 1.10 bits per heavy atom. The highest BCUT2D eigenvalue weighted by Crippen LogP contribution is 2.29. The van der Waals surface area contributed by atoms with Crippen molar-refractivity contribution >= 4 is 18.0 Å². The van der Waals surface area contributed by atoms with E-state index >= 15 is 0 Å². The Bertz CT molecular complexity index is 901. The number of rotatable bonds is 7. The van der Waals surface area contributed by atoms with Crippen molar-refractivity contribution in [1.82, 2.24) is 0 Å². The maximum atomic E-state index is 10.8. The molecule has 1 fully saturated rings. The lowest BCUT2D eigenvalue weighted by Crippen LogP contribution is -2.16. The van der Waals surface area contributed by atoms with E-state index in [0.717, 1.165) is 36.8 Å². The van der Waals surface area contributed by atoms with Crippen molar-refractivity contribution < 1.29 is 24.2 Å². The Hall–Kier alpha value is -3.28. The van der Waals surface area contributed by atoms with Gasteiger partial charge in [-0.15, -0.1) is 0 Å². The van der Waals surface area contributed by atoms with E-state index in [0.29, 0.717) is 18.1 Å². The molecule has 0 unspecified atom stereocenters. The first-order chi connectivity index (χ1) is 14.9. The van der Waals surface area contributed by atoms with Crippen LogP contribution in [-0.2, 0) is 16.2 Å². The fourth-order valence-electron chi connectivity index (χ4n) is 3.36. The van der Waals surface area contributed by atoms with Gasteiger partial charge in [-0.05, 0) is 54.7 Å². The summed E-state index contributed by atoms with van der Waals surface area (Å²) in [4.78, 5) is 21.1. The summed E-state index contributed by atoms with van der Waals surface area (Å²) in [6.45, 7) is 2.52. The number of nitrogens with two attached hydrogens (primary N) is 1. The molecule has 0 heterocycles. The van der Waals surface area contributed by atoms with Crippen LogP contribution in [0.1, 0.15) is 48.8 Å². The highest BCUT2D eigenvalue weighted by atomic mass is 16.5. The van der Waals surface area contributed by atoms with Crippen LogP contribution in [0.2, 0.25) is 0 Å². The summed E-state index contributed by atoms with van der Waals surface area (Å²) >= 11 is 0. The van der Waals surface area contributed by atoms with Crippen molar-refractivity contribution in [2.45, 2.75) is 45.6 Å². The number of carboxylic acids is 1. The van der Waals surface area contributed by atoms with Crippen molar-refractivity contribution in [1.29, 1.82) is 0 Å². The fraction of sp³-hybridized carbons (Fsp3) is 0.360. The maximum Gasteiger partial charge on any atom is 0.306 e. The van der Waals surface area contributed by atoms with Crippen LogP contribution in [0.25, 0.3) is 6.08 Å². The summed E-state index contributed by atoms with van der Waals surface area (Å²) in [5, 5.41) is 8.54. The molecule has 0 radical (unpaired) electrons. The van der Waals surface area contributed by atoms with Gasteiger partial charge in [-0.25, -0.2) is 0 Å². The molecule has 2 aromatic rings. The smallest absolute Gasteiger partial charge is 0.306 e. The van der Waals surface area contributed by atoms with Crippen LogP contribution in [0.5, 0.6) is 11.5 Å². The van der Waals surface area contributed by atoms with E-state index in [1.165, 1.54) is 18.1 Å². The molecule has 2 aromatic carbocycles. The zero-order valence-corrected chi connectivity index (χ0v) is 18.2. The van der Waals surface area contributed by atoms with Crippen molar-refractivity contribution in [3.63, 3.8) is 0 Å². The number of carbonyl (C=O) groups excluding carboxylic acids is 1.